The number of hydrogen-bond donors (Lipinski definition) is 2. The molecule has 1 saturated heterocycles. The highest BCUT2D eigenvalue weighted by molar-refractivity contribution is 14.1. The van der Waals surface area contributed by atoms with Gasteiger partial charge in [-0.25, -0.2) is 0 Å². The van der Waals surface area contributed by atoms with Crippen LogP contribution in [0.15, 0.2) is 12.1 Å². The number of piperazine rings is 1. The molecular weight excluding hydrogens is 561 g/mol. The first-order valence-electron chi connectivity index (χ1n) is 7.76. The Bertz CT molecular complexity index is 472. The Morgan fingerprint density at radius 3 is 2.43 bits per heavy atom. The van der Waals surface area contributed by atoms with Gasteiger partial charge in [-0.15, -0.1) is 24.8 Å². The summed E-state index contributed by atoms with van der Waals surface area (Å²) in [6.45, 7) is 6.47. The summed E-state index contributed by atoms with van der Waals surface area (Å²) < 4.78 is 2.17. The van der Waals surface area contributed by atoms with E-state index in [9.17, 15) is 5.11 Å². The van der Waals surface area contributed by atoms with E-state index in [1.54, 1.807) is 0 Å². The van der Waals surface area contributed by atoms with E-state index in [4.69, 9.17) is 0 Å². The van der Waals surface area contributed by atoms with E-state index >= 15 is 0 Å². The van der Waals surface area contributed by atoms with Crippen molar-refractivity contribution in [2.24, 2.45) is 0 Å². The minimum atomic E-state index is 0. The SMILES string of the molecule is CCCCC[C@@H](c1cc(I)cc(I)c1O)N1CCNCC1.Cl.Cl. The maximum atomic E-state index is 10.5. The van der Waals surface area contributed by atoms with Gasteiger partial charge in [-0.2, -0.15) is 0 Å². The van der Waals surface area contributed by atoms with E-state index in [1.807, 2.05) is 6.07 Å². The van der Waals surface area contributed by atoms with Crippen LogP contribution in [-0.4, -0.2) is 36.2 Å². The zero-order valence-electron chi connectivity index (χ0n) is 13.4. The molecule has 0 unspecified atom stereocenters. The molecule has 0 amide bonds. The molecule has 1 aromatic carbocycles. The number of nitrogens with one attached hydrogen (secondary N) is 1. The van der Waals surface area contributed by atoms with Gasteiger partial charge in [0.1, 0.15) is 5.75 Å². The summed E-state index contributed by atoms with van der Waals surface area (Å²) in [5.41, 5.74) is 1.12. The second kappa shape index (κ2) is 12.4. The van der Waals surface area contributed by atoms with Crippen LogP contribution in [0.25, 0.3) is 0 Å². The summed E-state index contributed by atoms with van der Waals surface area (Å²) >= 11 is 4.59. The van der Waals surface area contributed by atoms with Crippen LogP contribution >= 0.6 is 70.0 Å². The van der Waals surface area contributed by atoms with Crippen molar-refractivity contribution in [3.05, 3.63) is 24.8 Å². The normalized spacial score (nSPS) is 16.3. The van der Waals surface area contributed by atoms with E-state index in [2.05, 4.69) is 68.4 Å². The topological polar surface area (TPSA) is 35.5 Å². The number of phenols is 1. The highest BCUT2D eigenvalue weighted by Gasteiger charge is 2.25. The largest absolute Gasteiger partial charge is 0.506 e. The number of aromatic hydroxyl groups is 1. The number of nitrogens with zero attached hydrogens (tertiary/aromatic N) is 1. The zero-order chi connectivity index (χ0) is 15.2. The number of unbranched alkanes of at least 4 members (excludes halogenated alkanes) is 2. The summed E-state index contributed by atoms with van der Waals surface area (Å²) in [4.78, 5) is 2.54. The van der Waals surface area contributed by atoms with Gasteiger partial charge >= 0.3 is 0 Å². The van der Waals surface area contributed by atoms with Crippen LogP contribution in [-0.2, 0) is 0 Å². The maximum absolute atomic E-state index is 10.5. The molecule has 1 aromatic rings. The van der Waals surface area contributed by atoms with Crippen LogP contribution in [0.5, 0.6) is 5.75 Å². The van der Waals surface area contributed by atoms with E-state index in [0.29, 0.717) is 11.8 Å². The molecule has 1 fully saturated rings. The van der Waals surface area contributed by atoms with Crippen LogP contribution in [0.1, 0.15) is 44.2 Å². The van der Waals surface area contributed by atoms with Gasteiger partial charge in [-0.3, -0.25) is 4.90 Å². The van der Waals surface area contributed by atoms with E-state index in [0.717, 1.165) is 41.7 Å². The first kappa shape index (κ1) is 24.0. The van der Waals surface area contributed by atoms with Crippen molar-refractivity contribution >= 4 is 70.0 Å². The molecule has 134 valence electrons. The molecule has 0 radical (unpaired) electrons. The molecule has 1 heterocycles. The fourth-order valence-electron chi connectivity index (χ4n) is 2.96. The monoisotopic (exact) mass is 586 g/mol. The summed E-state index contributed by atoms with van der Waals surface area (Å²) in [7, 11) is 0. The molecule has 2 N–H and O–H groups in total. The molecule has 0 bridgehead atoms. The third-order valence-electron chi connectivity index (χ3n) is 4.09. The van der Waals surface area contributed by atoms with Crippen LogP contribution in [0.3, 0.4) is 0 Å². The smallest absolute Gasteiger partial charge is 0.133 e. The van der Waals surface area contributed by atoms with Gasteiger partial charge in [0.2, 0.25) is 0 Å². The predicted octanol–water partition coefficient (Wildman–Crippen LogP) is 4.97. The number of hydrogen-bond acceptors (Lipinski definition) is 3. The predicted molar refractivity (Wildman–Crippen MR) is 119 cm³/mol. The van der Waals surface area contributed by atoms with Crippen molar-refractivity contribution < 1.29 is 5.11 Å². The Morgan fingerprint density at radius 2 is 1.83 bits per heavy atom. The van der Waals surface area contributed by atoms with Crippen LogP contribution in [0, 0.1) is 7.14 Å². The van der Waals surface area contributed by atoms with Crippen LogP contribution < -0.4 is 5.32 Å². The lowest BCUT2D eigenvalue weighted by Gasteiger charge is -2.36. The van der Waals surface area contributed by atoms with E-state index in [1.165, 1.54) is 22.8 Å². The van der Waals surface area contributed by atoms with Gasteiger partial charge < -0.3 is 10.4 Å². The molecule has 23 heavy (non-hydrogen) atoms. The molecule has 0 spiro atoms. The van der Waals surface area contributed by atoms with Crippen molar-refractivity contribution in [1.29, 1.82) is 0 Å². The average molecular weight is 587 g/mol. The van der Waals surface area contributed by atoms with Gasteiger partial charge in [0.25, 0.3) is 0 Å². The Labute approximate surface area is 179 Å². The van der Waals surface area contributed by atoms with Crippen molar-refractivity contribution in [2.45, 2.75) is 38.6 Å². The van der Waals surface area contributed by atoms with Gasteiger partial charge in [0, 0.05) is 41.4 Å². The lowest BCUT2D eigenvalue weighted by atomic mass is 9.97. The standard InChI is InChI=1S/C16H24I2N2O.2ClH/c1-2-3-4-5-15(20-8-6-19-7-9-20)13-10-12(17)11-14(18)16(13)21;;/h10-11,15,19,21H,2-9H2,1H3;2*1H/t15-;;/m0../s1. The zero-order valence-corrected chi connectivity index (χ0v) is 19.3. The molecule has 2 rings (SSSR count). The summed E-state index contributed by atoms with van der Waals surface area (Å²) in [5.74, 6) is 0.482. The summed E-state index contributed by atoms with van der Waals surface area (Å²) in [5, 5.41) is 13.9. The third-order valence-corrected chi connectivity index (χ3v) is 5.54. The second-order valence-corrected chi connectivity index (χ2v) is 8.03. The maximum Gasteiger partial charge on any atom is 0.133 e. The van der Waals surface area contributed by atoms with Crippen molar-refractivity contribution in [3.8, 4) is 5.75 Å². The highest BCUT2D eigenvalue weighted by atomic mass is 127. The van der Waals surface area contributed by atoms with Crippen molar-refractivity contribution in [3.63, 3.8) is 0 Å². The Morgan fingerprint density at radius 1 is 1.17 bits per heavy atom. The molecule has 0 saturated carbocycles. The second-order valence-electron chi connectivity index (χ2n) is 5.62. The minimum Gasteiger partial charge on any atom is -0.506 e. The fraction of sp³-hybridized carbons (Fsp3) is 0.625. The van der Waals surface area contributed by atoms with E-state index < -0.39 is 0 Å². The van der Waals surface area contributed by atoms with Gasteiger partial charge in [-0.05, 0) is 63.7 Å². The van der Waals surface area contributed by atoms with Crippen LogP contribution in [0.2, 0.25) is 0 Å². The summed E-state index contributed by atoms with van der Waals surface area (Å²) in [6.07, 6.45) is 4.87. The molecule has 0 aromatic heterocycles. The quantitative estimate of drug-likeness (QED) is 0.365. The number of phenolic OH excluding ortho intramolecular Hbond substituents is 1. The fourth-order valence-corrected chi connectivity index (χ4v) is 4.85. The number of rotatable bonds is 6. The highest BCUT2D eigenvalue weighted by Crippen LogP contribution is 2.37. The molecule has 1 atom stereocenters. The van der Waals surface area contributed by atoms with E-state index in [-0.39, 0.29) is 24.8 Å². The van der Waals surface area contributed by atoms with Gasteiger partial charge in [0.15, 0.2) is 0 Å². The Balaban J connectivity index is 0.00000242. The average Bonchev–Trinajstić information content (AvgIpc) is 2.49. The van der Waals surface area contributed by atoms with Gasteiger partial charge in [0.05, 0.1) is 3.57 Å². The lowest BCUT2D eigenvalue weighted by Crippen LogP contribution is -2.45. The lowest BCUT2D eigenvalue weighted by molar-refractivity contribution is 0.160. The third kappa shape index (κ3) is 7.01. The minimum absolute atomic E-state index is 0. The van der Waals surface area contributed by atoms with Crippen molar-refractivity contribution in [1.82, 2.24) is 10.2 Å². The Hall–Kier alpha value is 0.980. The molecule has 1 aliphatic heterocycles. The van der Waals surface area contributed by atoms with Gasteiger partial charge in [-0.1, -0.05) is 26.2 Å². The molecule has 3 nitrogen and oxygen atoms in total. The Kier molecular flexibility index (Phi) is 12.9. The molecular formula is C16H26Cl2I2N2O. The van der Waals surface area contributed by atoms with Crippen LogP contribution in [0.4, 0.5) is 0 Å². The van der Waals surface area contributed by atoms with Crippen molar-refractivity contribution in [2.75, 3.05) is 26.2 Å². The number of benzene rings is 1. The molecule has 1 aliphatic rings. The molecule has 0 aliphatic carbocycles. The first-order chi connectivity index (χ1) is 10.1. The molecule has 7 heteroatoms. The first-order valence-corrected chi connectivity index (χ1v) is 9.92. The summed E-state index contributed by atoms with van der Waals surface area (Å²) in [6, 6.07) is 4.55. The number of halogens is 4.